The van der Waals surface area contributed by atoms with Crippen molar-refractivity contribution in [3.63, 3.8) is 0 Å². The molecule has 0 heterocycles. The quantitative estimate of drug-likeness (QED) is 0.390. The highest BCUT2D eigenvalue weighted by Crippen LogP contribution is 2.10. The van der Waals surface area contributed by atoms with Gasteiger partial charge in [-0.25, -0.2) is 13.1 Å². The number of nitrogens with one attached hydrogen (secondary N) is 1. The first kappa shape index (κ1) is 21.4. The highest BCUT2D eigenvalue weighted by atomic mass is 32.2. The molecule has 0 rings (SSSR count). The van der Waals surface area contributed by atoms with Crippen LogP contribution in [0.25, 0.3) is 0 Å². The van der Waals surface area contributed by atoms with Crippen LogP contribution in [0.1, 0.15) is 78.1 Å². The van der Waals surface area contributed by atoms with Crippen molar-refractivity contribution in [2.75, 3.05) is 12.9 Å². The molecule has 1 unspecified atom stereocenters. The molecule has 5 nitrogen and oxygen atoms in total. The predicted molar refractivity (Wildman–Crippen MR) is 90.2 cm³/mol. The van der Waals surface area contributed by atoms with Gasteiger partial charge in [0.1, 0.15) is 6.04 Å². The van der Waals surface area contributed by atoms with Crippen LogP contribution in [0.2, 0.25) is 0 Å². The Balaban J connectivity index is 3.40. The molecule has 0 aliphatic carbocycles. The molecular formula is C16H33NO4S. The number of carbonyl (C=O) groups is 1. The number of hydrogen-bond donors (Lipinski definition) is 1. The van der Waals surface area contributed by atoms with E-state index in [1.165, 1.54) is 58.3 Å². The minimum atomic E-state index is -3.37. The van der Waals surface area contributed by atoms with Crippen molar-refractivity contribution in [3.05, 3.63) is 0 Å². The minimum Gasteiger partial charge on any atom is -0.465 e. The molecule has 6 heteroatoms. The molecule has 0 saturated heterocycles. The van der Waals surface area contributed by atoms with Gasteiger partial charge >= 0.3 is 5.97 Å². The van der Waals surface area contributed by atoms with Gasteiger partial charge in [0.25, 0.3) is 0 Å². The highest BCUT2D eigenvalue weighted by molar-refractivity contribution is 7.88. The maximum absolute atomic E-state index is 11.5. The number of hydrogen-bond acceptors (Lipinski definition) is 4. The molecule has 22 heavy (non-hydrogen) atoms. The van der Waals surface area contributed by atoms with Crippen LogP contribution in [0.3, 0.4) is 0 Å². The van der Waals surface area contributed by atoms with Gasteiger partial charge in [-0.15, -0.1) is 0 Å². The largest absolute Gasteiger partial charge is 0.465 e. The summed E-state index contributed by atoms with van der Waals surface area (Å²) in [6.45, 7) is 4.08. The smallest absolute Gasteiger partial charge is 0.323 e. The van der Waals surface area contributed by atoms with Crippen molar-refractivity contribution in [2.45, 2.75) is 84.1 Å². The molecule has 1 N–H and O–H groups in total. The topological polar surface area (TPSA) is 72.5 Å². The molecule has 0 aromatic rings. The fourth-order valence-corrected chi connectivity index (χ4v) is 2.99. The maximum atomic E-state index is 11.5. The number of ether oxygens (including phenoxy) is 1. The minimum absolute atomic E-state index is 0.366. The summed E-state index contributed by atoms with van der Waals surface area (Å²) in [5, 5.41) is 0. The van der Waals surface area contributed by atoms with Gasteiger partial charge in [-0.1, -0.05) is 64.7 Å². The fourth-order valence-electron chi connectivity index (χ4n) is 2.26. The Morgan fingerprint density at radius 2 is 1.41 bits per heavy atom. The van der Waals surface area contributed by atoms with E-state index in [1.54, 1.807) is 0 Å². The molecule has 0 aliphatic rings. The first-order valence-electron chi connectivity index (χ1n) is 8.50. The normalized spacial score (nSPS) is 13.0. The first-order valence-corrected chi connectivity index (χ1v) is 10.4. The average Bonchev–Trinajstić information content (AvgIpc) is 2.42. The highest BCUT2D eigenvalue weighted by Gasteiger charge is 2.17. The second-order valence-electron chi connectivity index (χ2n) is 5.96. The second kappa shape index (κ2) is 12.9. The van der Waals surface area contributed by atoms with Gasteiger partial charge in [0.15, 0.2) is 0 Å². The van der Waals surface area contributed by atoms with E-state index in [0.29, 0.717) is 6.61 Å². The third kappa shape index (κ3) is 14.3. The molecule has 0 fully saturated rings. The summed E-state index contributed by atoms with van der Waals surface area (Å²) in [5.74, 6) is -0.513. The van der Waals surface area contributed by atoms with Crippen LogP contribution in [0.4, 0.5) is 0 Å². The zero-order valence-electron chi connectivity index (χ0n) is 14.4. The molecule has 1 atom stereocenters. The standard InChI is InChI=1S/C16H33NO4S/c1-4-5-6-7-8-9-10-11-12-13-14-21-16(18)15(2)17-22(3,19)20/h15,17H,4-14H2,1-3H3. The summed E-state index contributed by atoms with van der Waals surface area (Å²) >= 11 is 0. The van der Waals surface area contributed by atoms with Gasteiger partial charge in [-0.2, -0.15) is 0 Å². The van der Waals surface area contributed by atoms with Crippen LogP contribution in [0.5, 0.6) is 0 Å². The summed E-state index contributed by atoms with van der Waals surface area (Å²) in [6, 6.07) is -0.821. The molecule has 0 spiro atoms. The maximum Gasteiger partial charge on any atom is 0.323 e. The van der Waals surface area contributed by atoms with Gasteiger partial charge in [0.2, 0.25) is 10.0 Å². The molecular weight excluding hydrogens is 302 g/mol. The first-order chi connectivity index (χ1) is 10.4. The third-order valence-electron chi connectivity index (χ3n) is 3.49. The van der Waals surface area contributed by atoms with E-state index < -0.39 is 22.0 Å². The average molecular weight is 336 g/mol. The number of unbranched alkanes of at least 4 members (excludes halogenated alkanes) is 9. The van der Waals surface area contributed by atoms with Gasteiger partial charge in [0, 0.05) is 0 Å². The number of carbonyl (C=O) groups excluding carboxylic acids is 1. The van der Waals surface area contributed by atoms with Crippen LogP contribution in [-0.4, -0.2) is 33.3 Å². The Hall–Kier alpha value is -0.620. The van der Waals surface area contributed by atoms with E-state index in [9.17, 15) is 13.2 Å². The summed E-state index contributed by atoms with van der Waals surface area (Å²) in [5.41, 5.74) is 0. The summed E-state index contributed by atoms with van der Waals surface area (Å²) < 4.78 is 29.2. The lowest BCUT2D eigenvalue weighted by Crippen LogP contribution is -2.38. The Morgan fingerprint density at radius 1 is 0.955 bits per heavy atom. The third-order valence-corrected chi connectivity index (χ3v) is 4.27. The van der Waals surface area contributed by atoms with E-state index in [0.717, 1.165) is 19.1 Å². The molecule has 132 valence electrons. The van der Waals surface area contributed by atoms with Crippen LogP contribution in [0.15, 0.2) is 0 Å². The summed E-state index contributed by atoms with van der Waals surface area (Å²) in [6.07, 6.45) is 13.3. The molecule has 0 amide bonds. The van der Waals surface area contributed by atoms with Crippen LogP contribution < -0.4 is 4.72 Å². The van der Waals surface area contributed by atoms with Gasteiger partial charge in [-0.05, 0) is 13.3 Å². The Bertz CT molecular complexity index is 382. The lowest BCUT2D eigenvalue weighted by atomic mass is 10.1. The van der Waals surface area contributed by atoms with Gasteiger partial charge < -0.3 is 4.74 Å². The van der Waals surface area contributed by atoms with Crippen molar-refractivity contribution in [1.82, 2.24) is 4.72 Å². The van der Waals surface area contributed by atoms with E-state index in [4.69, 9.17) is 4.74 Å². The van der Waals surface area contributed by atoms with Crippen LogP contribution >= 0.6 is 0 Å². The monoisotopic (exact) mass is 335 g/mol. The second-order valence-corrected chi connectivity index (χ2v) is 7.74. The van der Waals surface area contributed by atoms with Crippen LogP contribution in [0, 0.1) is 0 Å². The molecule has 0 aliphatic heterocycles. The number of esters is 1. The molecule has 0 aromatic heterocycles. The van der Waals surface area contributed by atoms with Crippen molar-refractivity contribution in [1.29, 1.82) is 0 Å². The Morgan fingerprint density at radius 3 is 1.86 bits per heavy atom. The molecule has 0 bridgehead atoms. The molecule has 0 saturated carbocycles. The van der Waals surface area contributed by atoms with Crippen LogP contribution in [-0.2, 0) is 19.6 Å². The number of rotatable bonds is 14. The summed E-state index contributed by atoms with van der Waals surface area (Å²) in [7, 11) is -3.37. The SMILES string of the molecule is CCCCCCCCCCCCOC(=O)C(C)NS(C)(=O)=O. The fraction of sp³-hybridized carbons (Fsp3) is 0.938. The zero-order chi connectivity index (χ0) is 16.8. The lowest BCUT2D eigenvalue weighted by molar-refractivity contribution is -0.145. The Labute approximate surface area is 136 Å². The molecule has 0 radical (unpaired) electrons. The van der Waals surface area contributed by atoms with Crippen molar-refractivity contribution < 1.29 is 17.9 Å². The van der Waals surface area contributed by atoms with Gasteiger partial charge in [0.05, 0.1) is 12.9 Å². The predicted octanol–water partition coefficient (Wildman–Crippen LogP) is 3.39. The van der Waals surface area contributed by atoms with Gasteiger partial charge in [-0.3, -0.25) is 4.79 Å². The lowest BCUT2D eigenvalue weighted by Gasteiger charge is -2.11. The van der Waals surface area contributed by atoms with E-state index in [2.05, 4.69) is 11.6 Å². The van der Waals surface area contributed by atoms with Crippen molar-refractivity contribution in [2.24, 2.45) is 0 Å². The molecule has 0 aromatic carbocycles. The van der Waals surface area contributed by atoms with Crippen molar-refractivity contribution in [3.8, 4) is 0 Å². The van der Waals surface area contributed by atoms with Crippen molar-refractivity contribution >= 4 is 16.0 Å². The zero-order valence-corrected chi connectivity index (χ0v) is 15.2. The van der Waals surface area contributed by atoms with E-state index in [1.807, 2.05) is 0 Å². The van der Waals surface area contributed by atoms with E-state index in [-0.39, 0.29) is 0 Å². The summed E-state index contributed by atoms with van der Waals surface area (Å²) in [4.78, 5) is 11.5. The van der Waals surface area contributed by atoms with E-state index >= 15 is 0 Å². The Kier molecular flexibility index (Phi) is 12.5. The number of sulfonamides is 1.